The Labute approximate surface area is 131 Å². The lowest BCUT2D eigenvalue weighted by Crippen LogP contribution is -2.10. The van der Waals surface area contributed by atoms with E-state index in [2.05, 4.69) is 15.2 Å². The Morgan fingerprint density at radius 1 is 1.32 bits per heavy atom. The second-order valence-electron chi connectivity index (χ2n) is 5.16. The van der Waals surface area contributed by atoms with Gasteiger partial charge >= 0.3 is 0 Å². The topological polar surface area (TPSA) is 78.6 Å². The van der Waals surface area contributed by atoms with Crippen LogP contribution in [0, 0.1) is 6.92 Å². The molecule has 5 nitrogen and oxygen atoms in total. The lowest BCUT2D eigenvalue weighted by Gasteiger charge is -2.07. The van der Waals surface area contributed by atoms with Gasteiger partial charge in [0, 0.05) is 17.7 Å². The van der Waals surface area contributed by atoms with E-state index in [-0.39, 0.29) is 17.3 Å². The van der Waals surface area contributed by atoms with Gasteiger partial charge in [0.2, 0.25) is 5.78 Å². The quantitative estimate of drug-likeness (QED) is 0.727. The fraction of sp³-hybridized carbons (Fsp3) is 0.188. The molecule has 0 aliphatic carbocycles. The van der Waals surface area contributed by atoms with Crippen molar-refractivity contribution >= 4 is 17.1 Å². The third-order valence-corrected chi connectivity index (χ3v) is 4.49. The van der Waals surface area contributed by atoms with Gasteiger partial charge in [-0.3, -0.25) is 9.59 Å². The van der Waals surface area contributed by atoms with Gasteiger partial charge in [-0.05, 0) is 36.1 Å². The lowest BCUT2D eigenvalue weighted by molar-refractivity contribution is 0.103. The molecule has 0 spiro atoms. The largest absolute Gasteiger partial charge is 0.355 e. The first-order chi connectivity index (χ1) is 10.6. The maximum Gasteiger partial charge on any atom is 0.264 e. The second kappa shape index (κ2) is 5.73. The summed E-state index contributed by atoms with van der Waals surface area (Å²) >= 11 is 1.43. The molecule has 0 aromatic carbocycles. The second-order valence-corrected chi connectivity index (χ2v) is 6.10. The highest BCUT2D eigenvalue weighted by atomic mass is 32.1. The highest BCUT2D eigenvalue weighted by Crippen LogP contribution is 2.25. The van der Waals surface area contributed by atoms with Crippen LogP contribution < -0.4 is 5.56 Å². The number of hydrogen-bond donors (Lipinski definition) is 2. The summed E-state index contributed by atoms with van der Waals surface area (Å²) in [5.41, 5.74) is 2.93. The fourth-order valence-electron chi connectivity index (χ4n) is 2.34. The number of carbonyl (C=O) groups is 1. The zero-order chi connectivity index (χ0) is 15.7. The number of thiophene rings is 1. The maximum atomic E-state index is 12.5. The number of nitrogens with zero attached hydrogens (tertiary/aromatic N) is 1. The molecule has 0 fully saturated rings. The van der Waals surface area contributed by atoms with Gasteiger partial charge in [0.15, 0.2) is 0 Å². The highest BCUT2D eigenvalue weighted by Gasteiger charge is 2.19. The van der Waals surface area contributed by atoms with Gasteiger partial charge in [0.05, 0.1) is 16.3 Å². The molecule has 0 aliphatic rings. The van der Waals surface area contributed by atoms with Crippen molar-refractivity contribution in [2.75, 3.05) is 0 Å². The average Bonchev–Trinajstić information content (AvgIpc) is 3.16. The molecule has 0 aliphatic heterocycles. The van der Waals surface area contributed by atoms with Crippen LogP contribution >= 0.6 is 11.3 Å². The number of aryl methyl sites for hydroxylation is 1. The molecular weight excluding hydrogens is 298 g/mol. The number of H-pyrrole nitrogens is 2. The summed E-state index contributed by atoms with van der Waals surface area (Å²) in [5.74, 6) is -0.0409. The number of ketones is 1. The molecule has 6 heteroatoms. The Balaban J connectivity index is 1.93. The molecule has 3 heterocycles. The van der Waals surface area contributed by atoms with Crippen LogP contribution in [0.5, 0.6) is 0 Å². The van der Waals surface area contributed by atoms with Crippen molar-refractivity contribution in [2.24, 2.45) is 0 Å². The Bertz CT molecular complexity index is 841. The van der Waals surface area contributed by atoms with Crippen LogP contribution in [0.2, 0.25) is 0 Å². The third-order valence-electron chi connectivity index (χ3n) is 3.62. The molecule has 3 rings (SSSR count). The molecule has 2 N–H and O–H groups in total. The van der Waals surface area contributed by atoms with Crippen LogP contribution in [0.4, 0.5) is 0 Å². The van der Waals surface area contributed by atoms with Crippen LogP contribution in [0.1, 0.15) is 45.2 Å². The first kappa shape index (κ1) is 14.5. The van der Waals surface area contributed by atoms with Crippen LogP contribution in [-0.2, 0) is 0 Å². The molecule has 0 amide bonds. The summed E-state index contributed by atoms with van der Waals surface area (Å²) in [6.45, 7) is 3.89. The first-order valence-corrected chi connectivity index (χ1v) is 7.77. The van der Waals surface area contributed by atoms with E-state index in [1.807, 2.05) is 37.4 Å². The number of hydrogen-bond acceptors (Lipinski definition) is 4. The average molecular weight is 313 g/mol. The lowest BCUT2D eigenvalue weighted by atomic mass is 10.0. The van der Waals surface area contributed by atoms with Crippen molar-refractivity contribution in [1.82, 2.24) is 15.2 Å². The van der Waals surface area contributed by atoms with Crippen molar-refractivity contribution in [3.8, 4) is 0 Å². The number of carbonyl (C=O) groups excluding carboxylic acids is 1. The fourth-order valence-corrected chi connectivity index (χ4v) is 3.01. The van der Waals surface area contributed by atoms with Gasteiger partial charge in [-0.1, -0.05) is 13.0 Å². The van der Waals surface area contributed by atoms with Crippen molar-refractivity contribution in [2.45, 2.75) is 19.8 Å². The SMILES string of the molecule is Cc1cc(C(C)c2ccc(=O)[nH]n2)[nH]c1C(=O)c1cccs1. The molecule has 0 saturated heterocycles. The minimum atomic E-state index is -0.229. The Morgan fingerprint density at radius 2 is 2.14 bits per heavy atom. The Kier molecular flexibility index (Phi) is 3.77. The number of nitrogens with one attached hydrogen (secondary N) is 2. The monoisotopic (exact) mass is 313 g/mol. The van der Waals surface area contributed by atoms with E-state index in [0.717, 1.165) is 17.0 Å². The van der Waals surface area contributed by atoms with Gasteiger partial charge in [-0.2, -0.15) is 5.10 Å². The van der Waals surface area contributed by atoms with Gasteiger partial charge < -0.3 is 4.98 Å². The van der Waals surface area contributed by atoms with Crippen molar-refractivity contribution in [1.29, 1.82) is 0 Å². The molecule has 0 bridgehead atoms. The molecule has 1 atom stereocenters. The summed E-state index contributed by atoms with van der Waals surface area (Å²) in [7, 11) is 0. The standard InChI is InChI=1S/C16H15N3O2S/c1-9-8-12(10(2)11-5-6-14(20)19-18-11)17-15(9)16(21)13-4-3-7-22-13/h3-8,10,17H,1-2H3,(H,19,20). The highest BCUT2D eigenvalue weighted by molar-refractivity contribution is 7.12. The molecule has 3 aromatic rings. The smallest absolute Gasteiger partial charge is 0.264 e. The molecular formula is C16H15N3O2S. The molecule has 112 valence electrons. The zero-order valence-corrected chi connectivity index (χ0v) is 13.0. The Hall–Kier alpha value is -2.47. The molecule has 1 unspecified atom stereocenters. The van der Waals surface area contributed by atoms with Gasteiger partial charge in [-0.15, -0.1) is 11.3 Å². The van der Waals surface area contributed by atoms with Crippen LogP contribution in [-0.4, -0.2) is 21.0 Å². The van der Waals surface area contributed by atoms with E-state index < -0.39 is 0 Å². The van der Waals surface area contributed by atoms with Crippen molar-refractivity contribution in [3.05, 3.63) is 73.6 Å². The third kappa shape index (κ3) is 2.65. The minimum Gasteiger partial charge on any atom is -0.355 e. The van der Waals surface area contributed by atoms with E-state index in [4.69, 9.17) is 0 Å². The van der Waals surface area contributed by atoms with Crippen molar-refractivity contribution < 1.29 is 4.79 Å². The van der Waals surface area contributed by atoms with Gasteiger partial charge in [0.25, 0.3) is 5.56 Å². The first-order valence-electron chi connectivity index (χ1n) is 6.89. The number of aromatic nitrogens is 3. The summed E-state index contributed by atoms with van der Waals surface area (Å²) in [6.07, 6.45) is 0. The van der Waals surface area contributed by atoms with Crippen molar-refractivity contribution in [3.63, 3.8) is 0 Å². The van der Waals surface area contributed by atoms with E-state index in [1.54, 1.807) is 6.07 Å². The summed E-state index contributed by atoms with van der Waals surface area (Å²) in [6, 6.07) is 8.79. The van der Waals surface area contributed by atoms with E-state index >= 15 is 0 Å². The number of rotatable bonds is 4. The summed E-state index contributed by atoms with van der Waals surface area (Å²) < 4.78 is 0. The van der Waals surface area contributed by atoms with Crippen LogP contribution in [0.3, 0.4) is 0 Å². The molecule has 22 heavy (non-hydrogen) atoms. The van der Waals surface area contributed by atoms with E-state index in [1.165, 1.54) is 17.4 Å². The summed E-state index contributed by atoms with van der Waals surface area (Å²) in [5, 5.41) is 8.37. The minimum absolute atomic E-state index is 0.000350. The van der Waals surface area contributed by atoms with Gasteiger partial charge in [-0.25, -0.2) is 5.10 Å². The molecule has 0 radical (unpaired) electrons. The molecule has 3 aromatic heterocycles. The van der Waals surface area contributed by atoms with Crippen LogP contribution in [0.25, 0.3) is 0 Å². The van der Waals surface area contributed by atoms with E-state index in [0.29, 0.717) is 10.6 Å². The maximum absolute atomic E-state index is 12.5. The number of aromatic amines is 2. The molecule has 0 saturated carbocycles. The van der Waals surface area contributed by atoms with Gasteiger partial charge in [0.1, 0.15) is 0 Å². The Morgan fingerprint density at radius 3 is 2.77 bits per heavy atom. The predicted molar refractivity (Wildman–Crippen MR) is 85.7 cm³/mol. The summed E-state index contributed by atoms with van der Waals surface area (Å²) in [4.78, 5) is 27.5. The normalized spacial score (nSPS) is 12.3. The van der Waals surface area contributed by atoms with Crippen LogP contribution in [0.15, 0.2) is 40.5 Å². The predicted octanol–water partition coefficient (Wildman–Crippen LogP) is 2.85. The van der Waals surface area contributed by atoms with E-state index in [9.17, 15) is 9.59 Å². The zero-order valence-electron chi connectivity index (χ0n) is 12.2.